The van der Waals surface area contributed by atoms with Gasteiger partial charge in [-0.2, -0.15) is 0 Å². The third-order valence-corrected chi connectivity index (χ3v) is 2.70. The summed E-state index contributed by atoms with van der Waals surface area (Å²) in [5, 5.41) is 2.86. The summed E-state index contributed by atoms with van der Waals surface area (Å²) in [5.41, 5.74) is 0.983. The minimum absolute atomic E-state index is 0.0577. The van der Waals surface area contributed by atoms with Crippen LogP contribution in [-0.2, 0) is 4.79 Å². The SMILES string of the molecule is CCOc1ccc(/C=C/C(=O)NCCCN(C)C)cc1. The van der Waals surface area contributed by atoms with Gasteiger partial charge in [0.05, 0.1) is 6.61 Å². The predicted octanol–water partition coefficient (Wildman–Crippen LogP) is 2.17. The molecule has 4 nitrogen and oxygen atoms in total. The van der Waals surface area contributed by atoms with Crippen molar-refractivity contribution in [2.45, 2.75) is 13.3 Å². The van der Waals surface area contributed by atoms with Crippen molar-refractivity contribution < 1.29 is 9.53 Å². The summed E-state index contributed by atoms with van der Waals surface area (Å²) in [6, 6.07) is 7.66. The summed E-state index contributed by atoms with van der Waals surface area (Å²) in [4.78, 5) is 13.7. The summed E-state index contributed by atoms with van der Waals surface area (Å²) in [6.45, 7) is 4.28. The van der Waals surface area contributed by atoms with Crippen LogP contribution in [0.25, 0.3) is 6.08 Å². The molecule has 0 bridgehead atoms. The van der Waals surface area contributed by atoms with Gasteiger partial charge in [0.1, 0.15) is 5.75 Å². The van der Waals surface area contributed by atoms with Gasteiger partial charge in [0.25, 0.3) is 0 Å². The first kappa shape index (κ1) is 16.2. The van der Waals surface area contributed by atoms with Crippen molar-refractivity contribution in [1.82, 2.24) is 10.2 Å². The third kappa shape index (κ3) is 6.95. The van der Waals surface area contributed by atoms with Gasteiger partial charge in [-0.15, -0.1) is 0 Å². The first-order chi connectivity index (χ1) is 9.61. The Morgan fingerprint density at radius 1 is 1.30 bits per heavy atom. The summed E-state index contributed by atoms with van der Waals surface area (Å²) < 4.78 is 5.36. The van der Waals surface area contributed by atoms with Crippen LogP contribution in [0, 0.1) is 0 Å². The third-order valence-electron chi connectivity index (χ3n) is 2.70. The number of carbonyl (C=O) groups excluding carboxylic acids is 1. The highest BCUT2D eigenvalue weighted by Gasteiger charge is 1.96. The molecule has 0 fully saturated rings. The van der Waals surface area contributed by atoms with E-state index in [1.807, 2.05) is 45.3 Å². The fraction of sp³-hybridized carbons (Fsp3) is 0.438. The zero-order chi connectivity index (χ0) is 14.8. The highest BCUT2D eigenvalue weighted by Crippen LogP contribution is 2.12. The quantitative estimate of drug-likeness (QED) is 0.584. The first-order valence-corrected chi connectivity index (χ1v) is 6.95. The lowest BCUT2D eigenvalue weighted by Crippen LogP contribution is -2.25. The second-order valence-corrected chi connectivity index (χ2v) is 4.78. The lowest BCUT2D eigenvalue weighted by molar-refractivity contribution is -0.116. The molecule has 0 atom stereocenters. The molecule has 1 N–H and O–H groups in total. The Morgan fingerprint density at radius 2 is 2.00 bits per heavy atom. The van der Waals surface area contributed by atoms with Crippen molar-refractivity contribution in [3.8, 4) is 5.75 Å². The zero-order valence-corrected chi connectivity index (χ0v) is 12.6. The van der Waals surface area contributed by atoms with Crippen molar-refractivity contribution in [1.29, 1.82) is 0 Å². The molecular weight excluding hydrogens is 252 g/mol. The largest absolute Gasteiger partial charge is 0.494 e. The highest BCUT2D eigenvalue weighted by atomic mass is 16.5. The van der Waals surface area contributed by atoms with Gasteiger partial charge in [0.15, 0.2) is 0 Å². The van der Waals surface area contributed by atoms with E-state index < -0.39 is 0 Å². The standard InChI is InChI=1S/C16H24N2O2/c1-4-20-15-9-6-14(7-10-15)8-11-16(19)17-12-5-13-18(2)3/h6-11H,4-5,12-13H2,1-3H3,(H,17,19)/b11-8+. The van der Waals surface area contributed by atoms with Gasteiger partial charge in [-0.25, -0.2) is 0 Å². The molecule has 0 aliphatic carbocycles. The van der Waals surface area contributed by atoms with Crippen molar-refractivity contribution in [2.24, 2.45) is 0 Å². The van der Waals surface area contributed by atoms with Crippen LogP contribution in [0.15, 0.2) is 30.3 Å². The molecule has 1 aromatic carbocycles. The number of nitrogens with zero attached hydrogens (tertiary/aromatic N) is 1. The lowest BCUT2D eigenvalue weighted by Gasteiger charge is -2.08. The van der Waals surface area contributed by atoms with Crippen LogP contribution in [0.3, 0.4) is 0 Å². The number of hydrogen-bond donors (Lipinski definition) is 1. The van der Waals surface area contributed by atoms with Crippen molar-refractivity contribution in [2.75, 3.05) is 33.8 Å². The van der Waals surface area contributed by atoms with Gasteiger partial charge in [0, 0.05) is 12.6 Å². The van der Waals surface area contributed by atoms with E-state index in [-0.39, 0.29) is 5.91 Å². The average Bonchev–Trinajstić information content (AvgIpc) is 2.43. The number of amides is 1. The molecule has 0 saturated heterocycles. The number of benzene rings is 1. The van der Waals surface area contributed by atoms with Gasteiger partial charge >= 0.3 is 0 Å². The van der Waals surface area contributed by atoms with Gasteiger partial charge in [-0.05, 0) is 57.8 Å². The van der Waals surface area contributed by atoms with Crippen LogP contribution >= 0.6 is 0 Å². The van der Waals surface area contributed by atoms with E-state index in [0.29, 0.717) is 13.2 Å². The molecule has 4 heteroatoms. The monoisotopic (exact) mass is 276 g/mol. The van der Waals surface area contributed by atoms with Crippen molar-refractivity contribution >= 4 is 12.0 Å². The highest BCUT2D eigenvalue weighted by molar-refractivity contribution is 5.91. The summed E-state index contributed by atoms with van der Waals surface area (Å²) in [7, 11) is 4.04. The molecule has 0 aliphatic rings. The lowest BCUT2D eigenvalue weighted by atomic mass is 10.2. The molecule has 0 radical (unpaired) electrons. The minimum atomic E-state index is -0.0577. The first-order valence-electron chi connectivity index (χ1n) is 6.95. The van der Waals surface area contributed by atoms with E-state index in [4.69, 9.17) is 4.74 Å². The molecule has 20 heavy (non-hydrogen) atoms. The maximum atomic E-state index is 11.6. The molecule has 1 rings (SSSR count). The van der Waals surface area contributed by atoms with Crippen LogP contribution < -0.4 is 10.1 Å². The van der Waals surface area contributed by atoms with E-state index in [1.165, 1.54) is 0 Å². The number of carbonyl (C=O) groups is 1. The van der Waals surface area contributed by atoms with Crippen LogP contribution in [0.5, 0.6) is 5.75 Å². The Kier molecular flexibility index (Phi) is 7.43. The second-order valence-electron chi connectivity index (χ2n) is 4.78. The van der Waals surface area contributed by atoms with Crippen LogP contribution in [0.4, 0.5) is 0 Å². The van der Waals surface area contributed by atoms with Gasteiger partial charge in [0.2, 0.25) is 5.91 Å². The molecule has 0 aliphatic heterocycles. The van der Waals surface area contributed by atoms with E-state index in [2.05, 4.69) is 10.2 Å². The second kappa shape index (κ2) is 9.15. The fourth-order valence-corrected chi connectivity index (χ4v) is 1.68. The maximum absolute atomic E-state index is 11.6. The molecule has 110 valence electrons. The molecule has 1 aromatic rings. The molecule has 0 spiro atoms. The van der Waals surface area contributed by atoms with Gasteiger partial charge < -0.3 is 15.0 Å². The smallest absolute Gasteiger partial charge is 0.243 e. The topological polar surface area (TPSA) is 41.6 Å². The Hall–Kier alpha value is -1.81. The van der Waals surface area contributed by atoms with Crippen molar-refractivity contribution in [3.05, 3.63) is 35.9 Å². The number of ether oxygens (including phenoxy) is 1. The average molecular weight is 276 g/mol. The molecule has 0 unspecified atom stereocenters. The maximum Gasteiger partial charge on any atom is 0.243 e. The molecule has 0 aromatic heterocycles. The van der Waals surface area contributed by atoms with Gasteiger partial charge in [-0.3, -0.25) is 4.79 Å². The van der Waals surface area contributed by atoms with E-state index >= 15 is 0 Å². The zero-order valence-electron chi connectivity index (χ0n) is 12.6. The molecule has 1 amide bonds. The summed E-state index contributed by atoms with van der Waals surface area (Å²) in [5.74, 6) is 0.787. The fourth-order valence-electron chi connectivity index (χ4n) is 1.68. The minimum Gasteiger partial charge on any atom is -0.494 e. The summed E-state index contributed by atoms with van der Waals surface area (Å²) in [6.07, 6.45) is 4.32. The number of hydrogen-bond acceptors (Lipinski definition) is 3. The van der Waals surface area contributed by atoms with Crippen molar-refractivity contribution in [3.63, 3.8) is 0 Å². The van der Waals surface area contributed by atoms with Gasteiger partial charge in [-0.1, -0.05) is 12.1 Å². The van der Waals surface area contributed by atoms with Crippen LogP contribution in [0.2, 0.25) is 0 Å². The Bertz CT molecular complexity index is 425. The summed E-state index contributed by atoms with van der Waals surface area (Å²) >= 11 is 0. The molecule has 0 saturated carbocycles. The Morgan fingerprint density at radius 3 is 2.60 bits per heavy atom. The normalized spacial score (nSPS) is 11.0. The van der Waals surface area contributed by atoms with Crippen LogP contribution in [0.1, 0.15) is 18.9 Å². The Labute approximate surface area is 121 Å². The number of nitrogens with one attached hydrogen (secondary N) is 1. The predicted molar refractivity (Wildman–Crippen MR) is 82.8 cm³/mol. The van der Waals surface area contributed by atoms with E-state index in [9.17, 15) is 4.79 Å². The van der Waals surface area contributed by atoms with Crippen LogP contribution in [-0.4, -0.2) is 44.6 Å². The van der Waals surface area contributed by atoms with E-state index in [0.717, 1.165) is 24.3 Å². The Balaban J connectivity index is 2.33. The molecular formula is C16H24N2O2. The van der Waals surface area contributed by atoms with E-state index in [1.54, 1.807) is 12.2 Å². The number of rotatable bonds is 8. The molecule has 0 heterocycles.